The van der Waals surface area contributed by atoms with Crippen molar-refractivity contribution in [3.8, 4) is 0 Å². The van der Waals surface area contributed by atoms with Gasteiger partial charge >= 0.3 is 5.97 Å². The first-order valence-electron chi connectivity index (χ1n) is 12.0. The molecule has 0 aromatic carbocycles. The first-order valence-corrected chi connectivity index (χ1v) is 12.0. The molecule has 0 aromatic rings. The fourth-order valence-electron chi connectivity index (χ4n) is 5.16. The molecular weight excluding hydrogens is 364 g/mol. The first kappa shape index (κ1) is 24.1. The highest BCUT2D eigenvalue weighted by Gasteiger charge is 2.44. The van der Waals surface area contributed by atoms with Gasteiger partial charge in [-0.15, -0.1) is 0 Å². The molecule has 0 radical (unpaired) electrons. The summed E-state index contributed by atoms with van der Waals surface area (Å²) in [5, 5.41) is 29.5. The molecule has 2 rings (SSSR count). The second kappa shape index (κ2) is 13.2. The summed E-state index contributed by atoms with van der Waals surface area (Å²) in [7, 11) is 0. The summed E-state index contributed by atoms with van der Waals surface area (Å²) in [5.74, 6) is 0.423. The molecule has 0 spiro atoms. The molecule has 5 atom stereocenters. The van der Waals surface area contributed by atoms with Crippen LogP contribution >= 0.6 is 0 Å². The van der Waals surface area contributed by atoms with E-state index in [9.17, 15) is 15.0 Å². The average Bonchev–Trinajstić information content (AvgIpc) is 3.19. The number of fused-ring (bicyclic) bond motifs is 1. The summed E-state index contributed by atoms with van der Waals surface area (Å²) >= 11 is 0. The van der Waals surface area contributed by atoms with Gasteiger partial charge in [-0.1, -0.05) is 75.7 Å². The van der Waals surface area contributed by atoms with Gasteiger partial charge < -0.3 is 15.3 Å². The summed E-state index contributed by atoms with van der Waals surface area (Å²) in [6, 6.07) is 0. The molecule has 0 bridgehead atoms. The van der Waals surface area contributed by atoms with E-state index in [1.54, 1.807) is 0 Å². The number of carbonyl (C=O) groups is 1. The Bertz CT molecular complexity index is 539. The second-order valence-corrected chi connectivity index (χ2v) is 9.22. The van der Waals surface area contributed by atoms with Crippen LogP contribution in [0.3, 0.4) is 0 Å². The largest absolute Gasteiger partial charge is 0.481 e. The quantitative estimate of drug-likeness (QED) is 0.258. The van der Waals surface area contributed by atoms with E-state index in [4.69, 9.17) is 5.11 Å². The maximum absolute atomic E-state index is 10.6. The van der Waals surface area contributed by atoms with Crippen molar-refractivity contribution in [2.24, 2.45) is 17.8 Å². The summed E-state index contributed by atoms with van der Waals surface area (Å²) in [6.07, 6.45) is 19.8. The van der Waals surface area contributed by atoms with Crippen molar-refractivity contribution in [1.82, 2.24) is 0 Å². The molecular formula is C25H42O4. The lowest BCUT2D eigenvalue weighted by molar-refractivity contribution is -0.137. The molecule has 2 aliphatic rings. The molecule has 4 nitrogen and oxygen atoms in total. The van der Waals surface area contributed by atoms with Crippen LogP contribution in [-0.4, -0.2) is 33.5 Å². The standard InChI is InChI=1S/C25H42O4/c1-2-3-4-5-6-7-8-12-21(26)14-15-22-23-17-19(11-9-10-13-25(28)29)16-20(23)18-24(22)27/h11,14-15,20-24,26-27H,2-10,12-13,16-18H2,1H3,(H,28,29)/b15-14+,19-11+/t20-,21-,22-,23+,24-/m1/s1. The van der Waals surface area contributed by atoms with E-state index in [1.807, 2.05) is 6.08 Å². The minimum atomic E-state index is -0.727. The maximum Gasteiger partial charge on any atom is 0.303 e. The van der Waals surface area contributed by atoms with Crippen LogP contribution < -0.4 is 0 Å². The third-order valence-electron chi connectivity index (χ3n) is 6.80. The predicted molar refractivity (Wildman–Crippen MR) is 118 cm³/mol. The van der Waals surface area contributed by atoms with Crippen LogP contribution in [0.25, 0.3) is 0 Å². The molecule has 166 valence electrons. The highest BCUT2D eigenvalue weighted by Crippen LogP contribution is 2.50. The summed E-state index contributed by atoms with van der Waals surface area (Å²) in [6.45, 7) is 2.23. The third kappa shape index (κ3) is 8.64. The number of hydrogen-bond acceptors (Lipinski definition) is 3. The number of carboxylic acids is 1. The molecule has 2 fully saturated rings. The van der Waals surface area contributed by atoms with Crippen molar-refractivity contribution >= 4 is 5.97 Å². The van der Waals surface area contributed by atoms with Gasteiger partial charge in [0.25, 0.3) is 0 Å². The molecule has 4 heteroatoms. The van der Waals surface area contributed by atoms with E-state index in [2.05, 4.69) is 19.1 Å². The van der Waals surface area contributed by atoms with Crippen LogP contribution in [0.5, 0.6) is 0 Å². The summed E-state index contributed by atoms with van der Waals surface area (Å²) in [5.41, 5.74) is 1.43. The molecule has 0 amide bonds. The van der Waals surface area contributed by atoms with E-state index in [1.165, 1.54) is 44.1 Å². The molecule has 2 aliphatic carbocycles. The van der Waals surface area contributed by atoms with Crippen molar-refractivity contribution in [2.45, 2.75) is 109 Å². The van der Waals surface area contributed by atoms with Gasteiger partial charge in [-0.05, 0) is 50.4 Å². The lowest BCUT2D eigenvalue weighted by Crippen LogP contribution is -2.17. The van der Waals surface area contributed by atoms with Crippen molar-refractivity contribution in [3.63, 3.8) is 0 Å². The third-order valence-corrected chi connectivity index (χ3v) is 6.80. The minimum Gasteiger partial charge on any atom is -0.481 e. The van der Waals surface area contributed by atoms with Crippen molar-refractivity contribution < 1.29 is 20.1 Å². The Morgan fingerprint density at radius 2 is 1.83 bits per heavy atom. The Labute approximate surface area is 177 Å². The zero-order valence-electron chi connectivity index (χ0n) is 18.3. The zero-order valence-corrected chi connectivity index (χ0v) is 18.3. The van der Waals surface area contributed by atoms with Crippen LogP contribution in [0.15, 0.2) is 23.8 Å². The van der Waals surface area contributed by atoms with Gasteiger partial charge in [0, 0.05) is 12.3 Å². The molecule has 0 saturated heterocycles. The van der Waals surface area contributed by atoms with Crippen LogP contribution in [0.2, 0.25) is 0 Å². The molecule has 3 N–H and O–H groups in total. The van der Waals surface area contributed by atoms with Gasteiger partial charge in [0.2, 0.25) is 0 Å². The fourth-order valence-corrected chi connectivity index (χ4v) is 5.16. The van der Waals surface area contributed by atoms with Gasteiger partial charge in [-0.3, -0.25) is 4.79 Å². The van der Waals surface area contributed by atoms with Crippen LogP contribution in [0, 0.1) is 17.8 Å². The summed E-state index contributed by atoms with van der Waals surface area (Å²) < 4.78 is 0. The van der Waals surface area contributed by atoms with Crippen molar-refractivity contribution in [3.05, 3.63) is 23.8 Å². The van der Waals surface area contributed by atoms with E-state index in [0.29, 0.717) is 18.3 Å². The smallest absolute Gasteiger partial charge is 0.303 e. The first-order chi connectivity index (χ1) is 14.0. The van der Waals surface area contributed by atoms with Gasteiger partial charge in [-0.2, -0.15) is 0 Å². The van der Waals surface area contributed by atoms with Crippen LogP contribution in [0.1, 0.15) is 96.8 Å². The van der Waals surface area contributed by atoms with Gasteiger partial charge in [0.1, 0.15) is 0 Å². The van der Waals surface area contributed by atoms with Crippen molar-refractivity contribution in [2.75, 3.05) is 0 Å². The Morgan fingerprint density at radius 3 is 2.55 bits per heavy atom. The lowest BCUT2D eigenvalue weighted by Gasteiger charge is -2.17. The SMILES string of the molecule is CCCCCCCCC[C@@H](O)/C=C/[C@@H]1[C@H]2C/C(=C/CCCC(=O)O)C[C@@H]2C[C@H]1O. The number of aliphatic carboxylic acids is 1. The lowest BCUT2D eigenvalue weighted by atomic mass is 9.90. The Balaban J connectivity index is 1.70. The molecule has 2 saturated carbocycles. The van der Waals surface area contributed by atoms with Crippen LogP contribution in [-0.2, 0) is 4.79 Å². The number of aliphatic hydroxyl groups is 2. The number of unbranched alkanes of at least 4 members (excludes halogenated alkanes) is 7. The molecule has 0 unspecified atom stereocenters. The predicted octanol–water partition coefficient (Wildman–Crippen LogP) is 5.63. The van der Waals surface area contributed by atoms with Gasteiger partial charge in [0.15, 0.2) is 0 Å². The number of carboxylic acid groups (broad SMARTS) is 1. The second-order valence-electron chi connectivity index (χ2n) is 9.22. The maximum atomic E-state index is 10.6. The Hall–Kier alpha value is -1.13. The highest BCUT2D eigenvalue weighted by atomic mass is 16.4. The number of rotatable bonds is 14. The number of hydrogen-bond donors (Lipinski definition) is 3. The molecule has 29 heavy (non-hydrogen) atoms. The monoisotopic (exact) mass is 406 g/mol. The molecule has 0 aromatic heterocycles. The van der Waals surface area contributed by atoms with Crippen molar-refractivity contribution in [1.29, 1.82) is 0 Å². The Kier molecular flexibility index (Phi) is 11.0. The van der Waals surface area contributed by atoms with Gasteiger partial charge in [0.05, 0.1) is 12.2 Å². The minimum absolute atomic E-state index is 0.147. The number of aliphatic hydroxyl groups excluding tert-OH is 2. The zero-order chi connectivity index (χ0) is 21.1. The average molecular weight is 407 g/mol. The fraction of sp³-hybridized carbons (Fsp3) is 0.800. The van der Waals surface area contributed by atoms with E-state index in [0.717, 1.165) is 38.5 Å². The van der Waals surface area contributed by atoms with Crippen LogP contribution in [0.4, 0.5) is 0 Å². The summed E-state index contributed by atoms with van der Waals surface area (Å²) in [4.78, 5) is 10.6. The number of allylic oxidation sites excluding steroid dienone is 2. The topological polar surface area (TPSA) is 77.8 Å². The molecule has 0 aliphatic heterocycles. The van der Waals surface area contributed by atoms with E-state index in [-0.39, 0.29) is 18.4 Å². The molecule has 0 heterocycles. The van der Waals surface area contributed by atoms with E-state index < -0.39 is 12.1 Å². The Morgan fingerprint density at radius 1 is 1.10 bits per heavy atom. The van der Waals surface area contributed by atoms with Gasteiger partial charge in [-0.25, -0.2) is 0 Å². The normalized spacial score (nSPS) is 29.0. The highest BCUT2D eigenvalue weighted by molar-refractivity contribution is 5.66. The van der Waals surface area contributed by atoms with E-state index >= 15 is 0 Å².